The molecule has 3 heterocycles. The van der Waals surface area contributed by atoms with Gasteiger partial charge >= 0.3 is 0 Å². The van der Waals surface area contributed by atoms with Crippen LogP contribution in [0.5, 0.6) is 0 Å². The zero-order valence-electron chi connectivity index (χ0n) is 14.8. The van der Waals surface area contributed by atoms with E-state index in [1.165, 1.54) is 0 Å². The van der Waals surface area contributed by atoms with Gasteiger partial charge in [0.05, 0.1) is 23.5 Å². The fourth-order valence-corrected chi connectivity index (χ4v) is 3.12. The molecule has 0 radical (unpaired) electrons. The third-order valence-electron chi connectivity index (χ3n) is 4.50. The van der Waals surface area contributed by atoms with Gasteiger partial charge in [-0.15, -0.1) is 0 Å². The number of nitrogens with zero attached hydrogens (tertiary/aromatic N) is 5. The molecule has 0 spiro atoms. The van der Waals surface area contributed by atoms with E-state index in [1.807, 2.05) is 50.4 Å². The van der Waals surface area contributed by atoms with Crippen LogP contribution in [0.3, 0.4) is 0 Å². The third-order valence-corrected chi connectivity index (χ3v) is 4.50. The van der Waals surface area contributed by atoms with Crippen LogP contribution >= 0.6 is 0 Å². The number of aryl methyl sites for hydroxylation is 2. The van der Waals surface area contributed by atoms with Crippen molar-refractivity contribution in [1.29, 1.82) is 0 Å². The lowest BCUT2D eigenvalue weighted by atomic mass is 10.1. The quantitative estimate of drug-likeness (QED) is 0.730. The van der Waals surface area contributed by atoms with Gasteiger partial charge < -0.3 is 4.90 Å². The highest BCUT2D eigenvalue weighted by atomic mass is 16.2. The summed E-state index contributed by atoms with van der Waals surface area (Å²) in [7, 11) is 0. The Balaban J connectivity index is 1.68. The van der Waals surface area contributed by atoms with Crippen LogP contribution in [0.25, 0.3) is 11.3 Å². The Morgan fingerprint density at radius 1 is 1.08 bits per heavy atom. The average Bonchev–Trinajstić information content (AvgIpc) is 3.11. The lowest BCUT2D eigenvalue weighted by molar-refractivity contribution is 0.0750. The Morgan fingerprint density at radius 3 is 2.65 bits per heavy atom. The number of hydrogen-bond acceptors (Lipinski definition) is 5. The second-order valence-electron chi connectivity index (χ2n) is 6.32. The molecule has 6 heteroatoms. The highest BCUT2D eigenvalue weighted by Crippen LogP contribution is 2.26. The zero-order chi connectivity index (χ0) is 18.1. The van der Waals surface area contributed by atoms with Crippen LogP contribution < -0.4 is 0 Å². The van der Waals surface area contributed by atoms with Crippen molar-refractivity contribution >= 4 is 5.91 Å². The van der Waals surface area contributed by atoms with Gasteiger partial charge in [-0.1, -0.05) is 37.3 Å². The van der Waals surface area contributed by atoms with Gasteiger partial charge in [0.25, 0.3) is 5.91 Å². The molecule has 4 rings (SSSR count). The Kier molecular flexibility index (Phi) is 4.16. The molecule has 3 aromatic rings. The van der Waals surface area contributed by atoms with E-state index in [-0.39, 0.29) is 5.91 Å². The summed E-state index contributed by atoms with van der Waals surface area (Å²) in [6, 6.07) is 9.73. The fourth-order valence-electron chi connectivity index (χ4n) is 3.12. The molecule has 0 bridgehead atoms. The molecule has 26 heavy (non-hydrogen) atoms. The molecule has 0 unspecified atom stereocenters. The van der Waals surface area contributed by atoms with E-state index in [1.54, 1.807) is 11.1 Å². The smallest absolute Gasteiger partial charge is 0.258 e. The second-order valence-corrected chi connectivity index (χ2v) is 6.32. The molecule has 1 aromatic carbocycles. The van der Waals surface area contributed by atoms with E-state index < -0.39 is 0 Å². The standard InChI is InChI=1S/C20H19N5O/c1-3-18-22-9-15-11-25(12-17(15)24-18)20(26)16-10-21-13(2)23-19(16)14-7-5-4-6-8-14/h4-10H,3,11-12H2,1-2H3. The summed E-state index contributed by atoms with van der Waals surface area (Å²) in [4.78, 5) is 32.6. The molecule has 2 aromatic heterocycles. The molecule has 0 N–H and O–H groups in total. The van der Waals surface area contributed by atoms with Gasteiger partial charge in [0.15, 0.2) is 0 Å². The lowest BCUT2D eigenvalue weighted by Crippen LogP contribution is -2.26. The van der Waals surface area contributed by atoms with E-state index >= 15 is 0 Å². The highest BCUT2D eigenvalue weighted by molar-refractivity contribution is 5.99. The zero-order valence-corrected chi connectivity index (χ0v) is 14.8. The summed E-state index contributed by atoms with van der Waals surface area (Å²) in [5, 5.41) is 0. The van der Waals surface area contributed by atoms with Crippen LogP contribution in [0.4, 0.5) is 0 Å². The molecule has 0 saturated carbocycles. The number of aromatic nitrogens is 4. The minimum absolute atomic E-state index is 0.0834. The van der Waals surface area contributed by atoms with Crippen LogP contribution in [0.2, 0.25) is 0 Å². The van der Waals surface area contributed by atoms with E-state index in [0.717, 1.165) is 29.1 Å². The van der Waals surface area contributed by atoms with Gasteiger partial charge in [0.2, 0.25) is 0 Å². The summed E-state index contributed by atoms with van der Waals surface area (Å²) >= 11 is 0. The molecule has 0 aliphatic carbocycles. The normalized spacial score (nSPS) is 12.9. The van der Waals surface area contributed by atoms with Gasteiger partial charge in [0.1, 0.15) is 11.6 Å². The van der Waals surface area contributed by atoms with Crippen molar-refractivity contribution < 1.29 is 4.79 Å². The number of carbonyl (C=O) groups excluding carboxylic acids is 1. The number of hydrogen-bond donors (Lipinski definition) is 0. The number of carbonyl (C=O) groups is 1. The largest absolute Gasteiger partial charge is 0.328 e. The summed E-state index contributed by atoms with van der Waals surface area (Å²) in [5.41, 5.74) is 4.02. The maximum atomic E-state index is 13.2. The van der Waals surface area contributed by atoms with E-state index in [0.29, 0.717) is 30.2 Å². The second kappa shape index (κ2) is 6.63. The molecule has 0 atom stereocenters. The number of amides is 1. The molecule has 1 amide bonds. The number of fused-ring (bicyclic) bond motifs is 1. The number of benzene rings is 1. The summed E-state index contributed by atoms with van der Waals surface area (Å²) in [6.07, 6.45) is 4.24. The SMILES string of the molecule is CCc1ncc2c(n1)CN(C(=O)c1cnc(C)nc1-c1ccccc1)C2. The third kappa shape index (κ3) is 2.94. The summed E-state index contributed by atoms with van der Waals surface area (Å²) < 4.78 is 0. The fraction of sp³-hybridized carbons (Fsp3) is 0.250. The lowest BCUT2D eigenvalue weighted by Gasteiger charge is -2.17. The maximum absolute atomic E-state index is 13.2. The van der Waals surface area contributed by atoms with Crippen molar-refractivity contribution in [3.63, 3.8) is 0 Å². The summed E-state index contributed by atoms with van der Waals surface area (Å²) in [5.74, 6) is 1.37. The first-order chi connectivity index (χ1) is 12.7. The average molecular weight is 345 g/mol. The van der Waals surface area contributed by atoms with Crippen molar-refractivity contribution in [2.24, 2.45) is 0 Å². The Labute approximate surface area is 152 Å². The van der Waals surface area contributed by atoms with Crippen molar-refractivity contribution in [2.45, 2.75) is 33.4 Å². The molecule has 6 nitrogen and oxygen atoms in total. The van der Waals surface area contributed by atoms with Gasteiger partial charge in [0, 0.05) is 36.5 Å². The van der Waals surface area contributed by atoms with Crippen LogP contribution in [0, 0.1) is 6.92 Å². The predicted molar refractivity (Wildman–Crippen MR) is 97.2 cm³/mol. The first-order valence-corrected chi connectivity index (χ1v) is 8.67. The van der Waals surface area contributed by atoms with Crippen molar-refractivity contribution in [3.05, 3.63) is 71.2 Å². The maximum Gasteiger partial charge on any atom is 0.258 e. The Bertz CT molecular complexity index is 971. The van der Waals surface area contributed by atoms with Gasteiger partial charge in [-0.05, 0) is 6.92 Å². The molecule has 1 aliphatic rings. The highest BCUT2D eigenvalue weighted by Gasteiger charge is 2.28. The first-order valence-electron chi connectivity index (χ1n) is 8.67. The van der Waals surface area contributed by atoms with Crippen molar-refractivity contribution in [3.8, 4) is 11.3 Å². The molecule has 0 fully saturated rings. The first kappa shape index (κ1) is 16.3. The molecular formula is C20H19N5O. The minimum Gasteiger partial charge on any atom is -0.328 e. The molecular weight excluding hydrogens is 326 g/mol. The monoisotopic (exact) mass is 345 g/mol. The van der Waals surface area contributed by atoms with E-state index in [2.05, 4.69) is 19.9 Å². The molecule has 130 valence electrons. The van der Waals surface area contributed by atoms with Crippen molar-refractivity contribution in [1.82, 2.24) is 24.8 Å². The van der Waals surface area contributed by atoms with E-state index in [4.69, 9.17) is 0 Å². The van der Waals surface area contributed by atoms with E-state index in [9.17, 15) is 4.79 Å². The Hall–Kier alpha value is -3.15. The van der Waals surface area contributed by atoms with Gasteiger partial charge in [-0.25, -0.2) is 19.9 Å². The number of rotatable bonds is 3. The van der Waals surface area contributed by atoms with Crippen molar-refractivity contribution in [2.75, 3.05) is 0 Å². The predicted octanol–water partition coefficient (Wildman–Crippen LogP) is 2.96. The molecule has 0 saturated heterocycles. The minimum atomic E-state index is -0.0834. The van der Waals surface area contributed by atoms with Gasteiger partial charge in [-0.3, -0.25) is 4.79 Å². The van der Waals surface area contributed by atoms with Crippen LogP contribution in [0.15, 0.2) is 42.7 Å². The van der Waals surface area contributed by atoms with Crippen LogP contribution in [0.1, 0.15) is 40.2 Å². The van der Waals surface area contributed by atoms with Gasteiger partial charge in [-0.2, -0.15) is 0 Å². The Morgan fingerprint density at radius 2 is 1.88 bits per heavy atom. The summed E-state index contributed by atoms with van der Waals surface area (Å²) in [6.45, 7) is 4.86. The van der Waals surface area contributed by atoms with Crippen LogP contribution in [-0.4, -0.2) is 30.7 Å². The molecule has 1 aliphatic heterocycles. The topological polar surface area (TPSA) is 71.9 Å². The van der Waals surface area contributed by atoms with Crippen LogP contribution in [-0.2, 0) is 19.5 Å².